The number of hydrogen-bond acceptors (Lipinski definition) is 5. The molecule has 4 heterocycles. The highest BCUT2D eigenvalue weighted by Gasteiger charge is 2.34. The zero-order valence-corrected chi connectivity index (χ0v) is 31.4. The molecule has 0 radical (unpaired) electrons. The van der Waals surface area contributed by atoms with Crippen molar-refractivity contribution in [2.24, 2.45) is 0 Å². The van der Waals surface area contributed by atoms with Gasteiger partial charge in [-0.1, -0.05) is 133 Å². The van der Waals surface area contributed by atoms with Gasteiger partial charge in [0.05, 0.1) is 16.4 Å². The van der Waals surface area contributed by atoms with Crippen LogP contribution in [0, 0.1) is 0 Å². The third-order valence-electron chi connectivity index (χ3n) is 11.4. The molecule has 5 nitrogen and oxygen atoms in total. The number of fused-ring (bicyclic) bond motifs is 10. The number of hydrogen-bond donors (Lipinski definition) is 0. The summed E-state index contributed by atoms with van der Waals surface area (Å²) in [7, 11) is 0. The first kappa shape index (κ1) is 32.1. The van der Waals surface area contributed by atoms with Crippen molar-refractivity contribution in [3.8, 4) is 56.7 Å². The van der Waals surface area contributed by atoms with E-state index in [0.717, 1.165) is 55.7 Å². The van der Waals surface area contributed by atoms with E-state index in [1.165, 1.54) is 31.1 Å². The standard InChI is InChI=1S/C51H32N4OS/c1-2-13-31(14-3-1)32-15-10-16-33(29-32)49-52-50(54-51(53-49)41-23-12-22-39-37-20-6-9-26-45(37)57-48(39)41)34-17-11-18-35(30-34)55-42-24-7-4-21-40(42)46-43(55)28-27-38-36-19-5-8-25-44(36)56-47(38)46/h1-30,36,44H. The van der Waals surface area contributed by atoms with Crippen molar-refractivity contribution < 1.29 is 4.74 Å². The maximum Gasteiger partial charge on any atom is 0.165 e. The summed E-state index contributed by atoms with van der Waals surface area (Å²) in [5.41, 5.74) is 9.57. The van der Waals surface area contributed by atoms with Gasteiger partial charge in [-0.05, 0) is 59.7 Å². The number of para-hydroxylation sites is 1. The van der Waals surface area contributed by atoms with E-state index in [0.29, 0.717) is 17.5 Å². The molecule has 0 saturated heterocycles. The lowest BCUT2D eigenvalue weighted by molar-refractivity contribution is 0.271. The molecule has 2 aliphatic rings. The van der Waals surface area contributed by atoms with Crippen molar-refractivity contribution in [3.05, 3.63) is 188 Å². The van der Waals surface area contributed by atoms with Crippen LogP contribution >= 0.6 is 11.3 Å². The van der Waals surface area contributed by atoms with Gasteiger partial charge in [-0.15, -0.1) is 11.3 Å². The molecule has 2 unspecified atom stereocenters. The number of thiophene rings is 1. The van der Waals surface area contributed by atoms with Crippen LogP contribution in [0.15, 0.2) is 182 Å². The molecule has 10 aromatic rings. The van der Waals surface area contributed by atoms with Gasteiger partial charge in [-0.3, -0.25) is 0 Å². The number of aromatic nitrogens is 4. The van der Waals surface area contributed by atoms with Gasteiger partial charge in [0.25, 0.3) is 0 Å². The first-order chi connectivity index (χ1) is 28.2. The first-order valence-corrected chi connectivity index (χ1v) is 20.1. The van der Waals surface area contributed by atoms with Crippen molar-refractivity contribution in [3.63, 3.8) is 0 Å². The SMILES string of the molecule is C1=CC2Oc3c(ccc4c3c3ccccc3n4-c3cccc(-c4nc(-c5cccc(-c6ccccc6)c5)nc(-c5cccc6c5sc5ccccc56)n4)c3)C2C=C1. The minimum atomic E-state index is 0.0140. The number of nitrogens with zero attached hydrogens (tertiary/aromatic N) is 4. The van der Waals surface area contributed by atoms with Crippen LogP contribution in [0.2, 0.25) is 0 Å². The minimum absolute atomic E-state index is 0.0140. The zero-order valence-electron chi connectivity index (χ0n) is 30.6. The van der Waals surface area contributed by atoms with Crippen LogP contribution in [-0.4, -0.2) is 25.6 Å². The highest BCUT2D eigenvalue weighted by atomic mass is 32.1. The lowest BCUT2D eigenvalue weighted by atomic mass is 9.91. The van der Waals surface area contributed by atoms with Crippen LogP contribution in [0.3, 0.4) is 0 Å². The Hall–Kier alpha value is -7.15. The van der Waals surface area contributed by atoms with Gasteiger partial charge < -0.3 is 9.30 Å². The fourth-order valence-corrected chi connectivity index (χ4v) is 9.97. The molecule has 1 aliphatic heterocycles. The number of rotatable bonds is 5. The summed E-state index contributed by atoms with van der Waals surface area (Å²) in [6, 6.07) is 55.6. The zero-order chi connectivity index (χ0) is 37.5. The van der Waals surface area contributed by atoms with Gasteiger partial charge in [0.2, 0.25) is 0 Å². The molecule has 0 N–H and O–H groups in total. The van der Waals surface area contributed by atoms with E-state index in [1.54, 1.807) is 11.3 Å². The maximum atomic E-state index is 6.69. The third-order valence-corrected chi connectivity index (χ3v) is 12.6. The molecule has 0 amide bonds. The second-order valence-electron chi connectivity index (χ2n) is 14.7. The number of ether oxygens (including phenoxy) is 1. The molecular formula is C51H32N4OS. The summed E-state index contributed by atoms with van der Waals surface area (Å²) in [6.07, 6.45) is 8.64. The van der Waals surface area contributed by atoms with Gasteiger partial charge in [-0.25, -0.2) is 15.0 Å². The topological polar surface area (TPSA) is 52.8 Å². The average molecular weight is 749 g/mol. The Balaban J connectivity index is 1.06. The Labute approximate surface area is 332 Å². The van der Waals surface area contributed by atoms with Gasteiger partial charge in [0, 0.05) is 59.4 Å². The summed E-state index contributed by atoms with van der Waals surface area (Å²) < 4.78 is 11.4. The molecule has 1 aliphatic carbocycles. The van der Waals surface area contributed by atoms with E-state index in [4.69, 9.17) is 19.7 Å². The molecule has 6 heteroatoms. The van der Waals surface area contributed by atoms with E-state index in [9.17, 15) is 0 Å². The van der Waals surface area contributed by atoms with Crippen LogP contribution in [0.5, 0.6) is 5.75 Å². The van der Waals surface area contributed by atoms with Gasteiger partial charge in [-0.2, -0.15) is 0 Å². The van der Waals surface area contributed by atoms with Crippen LogP contribution in [0.4, 0.5) is 0 Å². The lowest BCUT2D eigenvalue weighted by Gasteiger charge is -2.13. The summed E-state index contributed by atoms with van der Waals surface area (Å²) in [6.45, 7) is 0. The number of benzene rings is 7. The molecule has 0 fully saturated rings. The number of allylic oxidation sites excluding steroid dienone is 2. The fraction of sp³-hybridized carbons (Fsp3) is 0.0392. The average Bonchev–Trinajstić information content (AvgIpc) is 3.96. The molecule has 0 bridgehead atoms. The van der Waals surface area contributed by atoms with Crippen molar-refractivity contribution in [1.29, 1.82) is 0 Å². The van der Waals surface area contributed by atoms with Crippen LogP contribution in [0.25, 0.3) is 93.0 Å². The molecule has 12 rings (SSSR count). The molecule has 3 aromatic heterocycles. The molecule has 7 aromatic carbocycles. The summed E-state index contributed by atoms with van der Waals surface area (Å²) in [4.78, 5) is 15.7. The Morgan fingerprint density at radius 1 is 0.509 bits per heavy atom. The minimum Gasteiger partial charge on any atom is -0.484 e. The van der Waals surface area contributed by atoms with Crippen molar-refractivity contribution in [1.82, 2.24) is 19.5 Å². The lowest BCUT2D eigenvalue weighted by Crippen LogP contribution is -2.15. The van der Waals surface area contributed by atoms with Gasteiger partial charge >= 0.3 is 0 Å². The van der Waals surface area contributed by atoms with Crippen molar-refractivity contribution >= 4 is 53.3 Å². The van der Waals surface area contributed by atoms with Crippen LogP contribution in [0.1, 0.15) is 11.5 Å². The Kier molecular flexibility index (Phi) is 7.16. The maximum absolute atomic E-state index is 6.69. The Morgan fingerprint density at radius 3 is 2.09 bits per heavy atom. The second kappa shape index (κ2) is 12.7. The normalized spacial score (nSPS) is 15.7. The van der Waals surface area contributed by atoms with E-state index in [-0.39, 0.29) is 12.0 Å². The molecule has 2 atom stereocenters. The van der Waals surface area contributed by atoms with Crippen LogP contribution in [-0.2, 0) is 0 Å². The summed E-state index contributed by atoms with van der Waals surface area (Å²) >= 11 is 1.78. The third kappa shape index (κ3) is 5.11. The predicted molar refractivity (Wildman–Crippen MR) is 234 cm³/mol. The summed E-state index contributed by atoms with van der Waals surface area (Å²) in [5, 5.41) is 4.76. The monoisotopic (exact) mass is 748 g/mol. The van der Waals surface area contributed by atoms with E-state index < -0.39 is 0 Å². The van der Waals surface area contributed by atoms with Crippen LogP contribution < -0.4 is 4.74 Å². The highest BCUT2D eigenvalue weighted by Crippen LogP contribution is 2.49. The molecular weight excluding hydrogens is 717 g/mol. The van der Waals surface area contributed by atoms with Crippen molar-refractivity contribution in [2.45, 2.75) is 12.0 Å². The molecule has 0 spiro atoms. The molecule has 57 heavy (non-hydrogen) atoms. The van der Waals surface area contributed by atoms with E-state index in [2.05, 4.69) is 181 Å². The molecule has 268 valence electrons. The van der Waals surface area contributed by atoms with Gasteiger partial charge in [0.15, 0.2) is 17.5 Å². The van der Waals surface area contributed by atoms with E-state index in [1.807, 2.05) is 6.07 Å². The highest BCUT2D eigenvalue weighted by molar-refractivity contribution is 7.26. The molecule has 0 saturated carbocycles. The fourth-order valence-electron chi connectivity index (χ4n) is 8.76. The smallest absolute Gasteiger partial charge is 0.165 e. The predicted octanol–water partition coefficient (Wildman–Crippen LogP) is 13.0. The van der Waals surface area contributed by atoms with Gasteiger partial charge in [0.1, 0.15) is 11.9 Å². The Bertz CT molecular complexity index is 3300. The first-order valence-electron chi connectivity index (χ1n) is 19.3. The second-order valence-corrected chi connectivity index (χ2v) is 15.7. The Morgan fingerprint density at radius 2 is 1.19 bits per heavy atom. The largest absolute Gasteiger partial charge is 0.484 e. The van der Waals surface area contributed by atoms with Crippen molar-refractivity contribution in [2.75, 3.05) is 0 Å². The summed E-state index contributed by atoms with van der Waals surface area (Å²) in [5.74, 6) is 3.10. The van der Waals surface area contributed by atoms with E-state index >= 15 is 0 Å². The quantitative estimate of drug-likeness (QED) is 0.176.